The van der Waals surface area contributed by atoms with Gasteiger partial charge in [0.1, 0.15) is 6.61 Å². The van der Waals surface area contributed by atoms with Gasteiger partial charge in [0.15, 0.2) is 11.6 Å². The van der Waals surface area contributed by atoms with Gasteiger partial charge in [0.05, 0.1) is 11.4 Å². The van der Waals surface area contributed by atoms with Gasteiger partial charge in [0.25, 0.3) is 0 Å². The zero-order valence-corrected chi connectivity index (χ0v) is 14.5. The van der Waals surface area contributed by atoms with Crippen LogP contribution in [0.4, 0.5) is 0 Å². The van der Waals surface area contributed by atoms with Gasteiger partial charge >= 0.3 is 0 Å². The number of carbonyl (C=O) groups is 2. The number of rotatable bonds is 10. The predicted octanol–water partition coefficient (Wildman–Crippen LogP) is 2.92. The number of aliphatic hydroxyl groups excluding tert-OH is 2. The van der Waals surface area contributed by atoms with Crippen molar-refractivity contribution >= 4 is 23.3 Å². The molecule has 1 aromatic rings. The highest BCUT2D eigenvalue weighted by Crippen LogP contribution is 2.28. The number of hydrogen-bond donors (Lipinski definition) is 2. The second kappa shape index (κ2) is 9.77. The van der Waals surface area contributed by atoms with E-state index in [-0.39, 0.29) is 23.2 Å². The number of Topliss-reactive ketones (excluding diaryl/α,β-unsaturated/α-hetero) is 2. The topological polar surface area (TPSA) is 74.6 Å². The van der Waals surface area contributed by atoms with Crippen molar-refractivity contribution in [2.75, 3.05) is 6.61 Å². The molecule has 5 heteroatoms. The Kier molecular flexibility index (Phi) is 7.69. The normalized spacial score (nSPS) is 18.5. The lowest BCUT2D eigenvalue weighted by Gasteiger charge is -2.14. The molecule has 130 valence electrons. The second-order valence-corrected chi connectivity index (χ2v) is 7.31. The molecular weight excluding hydrogens is 324 g/mol. The van der Waals surface area contributed by atoms with Gasteiger partial charge in [0, 0.05) is 11.3 Å². The Morgan fingerprint density at radius 2 is 1.96 bits per heavy atom. The molecular formula is C19H24O4S. The molecule has 0 radical (unpaired) electrons. The summed E-state index contributed by atoms with van der Waals surface area (Å²) in [5.41, 5.74) is 0.740. The molecule has 1 aliphatic carbocycles. The van der Waals surface area contributed by atoms with E-state index in [0.29, 0.717) is 12.8 Å². The summed E-state index contributed by atoms with van der Waals surface area (Å²) in [6, 6.07) is 9.73. The molecule has 0 amide bonds. The first kappa shape index (κ1) is 18.9. The van der Waals surface area contributed by atoms with E-state index in [9.17, 15) is 14.7 Å². The first-order valence-electron chi connectivity index (χ1n) is 8.37. The minimum absolute atomic E-state index is 0.0514. The maximum Gasteiger partial charge on any atom is 0.171 e. The third-order valence-corrected chi connectivity index (χ3v) is 5.42. The number of carbonyl (C=O) groups excluding carboxylic acids is 2. The molecule has 0 saturated carbocycles. The van der Waals surface area contributed by atoms with E-state index in [0.717, 1.165) is 29.7 Å². The van der Waals surface area contributed by atoms with Crippen molar-refractivity contribution in [1.82, 2.24) is 0 Å². The molecule has 0 saturated heterocycles. The molecule has 1 aliphatic rings. The van der Waals surface area contributed by atoms with E-state index in [2.05, 4.69) is 0 Å². The zero-order valence-electron chi connectivity index (χ0n) is 13.7. The van der Waals surface area contributed by atoms with Crippen LogP contribution in [0.15, 0.2) is 46.9 Å². The summed E-state index contributed by atoms with van der Waals surface area (Å²) in [6.07, 6.45) is 5.35. The summed E-state index contributed by atoms with van der Waals surface area (Å²) < 4.78 is 0. The average Bonchev–Trinajstić information content (AvgIpc) is 2.91. The third kappa shape index (κ3) is 5.89. The fourth-order valence-corrected chi connectivity index (χ4v) is 3.93. The minimum atomic E-state index is -0.610. The van der Waals surface area contributed by atoms with Crippen LogP contribution in [0.5, 0.6) is 0 Å². The molecule has 0 fully saturated rings. The molecule has 0 bridgehead atoms. The van der Waals surface area contributed by atoms with Crippen LogP contribution in [0.1, 0.15) is 38.5 Å². The van der Waals surface area contributed by atoms with Crippen molar-refractivity contribution in [2.45, 2.75) is 54.8 Å². The Hall–Kier alpha value is -1.43. The van der Waals surface area contributed by atoms with Crippen molar-refractivity contribution < 1.29 is 19.8 Å². The van der Waals surface area contributed by atoms with Gasteiger partial charge in [-0.25, -0.2) is 0 Å². The molecule has 0 aromatic heterocycles. The predicted molar refractivity (Wildman–Crippen MR) is 95.0 cm³/mol. The van der Waals surface area contributed by atoms with Crippen molar-refractivity contribution in [3.8, 4) is 0 Å². The lowest BCUT2D eigenvalue weighted by molar-refractivity contribution is -0.121. The smallest absolute Gasteiger partial charge is 0.171 e. The summed E-state index contributed by atoms with van der Waals surface area (Å²) in [4.78, 5) is 24.5. The van der Waals surface area contributed by atoms with Gasteiger partial charge in [-0.15, -0.1) is 11.8 Å². The monoisotopic (exact) mass is 348 g/mol. The molecule has 2 atom stereocenters. The van der Waals surface area contributed by atoms with Gasteiger partial charge in [-0.3, -0.25) is 9.59 Å². The van der Waals surface area contributed by atoms with Crippen LogP contribution in [-0.2, 0) is 9.59 Å². The highest BCUT2D eigenvalue weighted by molar-refractivity contribution is 8.00. The molecule has 4 nitrogen and oxygen atoms in total. The number of unbranched alkanes of at least 4 members (excludes halogenated alkanes) is 2. The van der Waals surface area contributed by atoms with Crippen LogP contribution in [-0.4, -0.2) is 39.7 Å². The Morgan fingerprint density at radius 3 is 2.58 bits per heavy atom. The lowest BCUT2D eigenvalue weighted by atomic mass is 10.0. The van der Waals surface area contributed by atoms with E-state index < -0.39 is 12.7 Å². The summed E-state index contributed by atoms with van der Waals surface area (Å²) in [6.45, 7) is -0.427. The van der Waals surface area contributed by atoms with Crippen LogP contribution in [0, 0.1) is 0 Å². The number of benzene rings is 1. The standard InChI is InChI=1S/C19H24O4S/c20-13-18(23)19(24-16-8-4-2-5-9-16)10-6-1-3-7-14-11-15(21)12-17(14)22/h2,4-5,8-9,11,15,19-21H,1,3,6-7,10,12-13H2. The van der Waals surface area contributed by atoms with Gasteiger partial charge in [-0.2, -0.15) is 0 Å². The van der Waals surface area contributed by atoms with E-state index in [1.54, 1.807) is 6.08 Å². The number of allylic oxidation sites excluding steroid dienone is 1. The molecule has 24 heavy (non-hydrogen) atoms. The SMILES string of the molecule is O=C1CC(O)C=C1CCCCCC(Sc1ccccc1)C(=O)CO. The van der Waals surface area contributed by atoms with Crippen LogP contribution < -0.4 is 0 Å². The first-order chi connectivity index (χ1) is 11.6. The quantitative estimate of drug-likeness (QED) is 0.502. The molecule has 2 unspecified atom stereocenters. The Balaban J connectivity index is 1.74. The molecule has 2 N–H and O–H groups in total. The molecule has 0 heterocycles. The second-order valence-electron chi connectivity index (χ2n) is 6.03. The number of aliphatic hydroxyl groups is 2. The third-order valence-electron chi connectivity index (χ3n) is 4.10. The largest absolute Gasteiger partial charge is 0.389 e. The molecule has 0 aliphatic heterocycles. The summed E-state index contributed by atoms with van der Waals surface area (Å²) in [5.74, 6) is -0.0869. The molecule has 0 spiro atoms. The summed E-state index contributed by atoms with van der Waals surface area (Å²) >= 11 is 1.50. The van der Waals surface area contributed by atoms with Crippen molar-refractivity contribution in [2.24, 2.45) is 0 Å². The number of hydrogen-bond acceptors (Lipinski definition) is 5. The maximum atomic E-state index is 11.9. The fraction of sp³-hybridized carbons (Fsp3) is 0.474. The van der Waals surface area contributed by atoms with Crippen LogP contribution in [0.25, 0.3) is 0 Å². The van der Waals surface area contributed by atoms with Crippen molar-refractivity contribution in [3.63, 3.8) is 0 Å². The van der Waals surface area contributed by atoms with Crippen LogP contribution in [0.3, 0.4) is 0 Å². The van der Waals surface area contributed by atoms with E-state index >= 15 is 0 Å². The molecule has 1 aromatic carbocycles. The van der Waals surface area contributed by atoms with Gasteiger partial charge < -0.3 is 10.2 Å². The Labute approximate surface area is 147 Å². The summed E-state index contributed by atoms with van der Waals surface area (Å²) in [5, 5.41) is 18.3. The number of ketones is 2. The fourth-order valence-electron chi connectivity index (χ4n) is 2.80. The number of thioether (sulfide) groups is 1. The highest BCUT2D eigenvalue weighted by atomic mass is 32.2. The van der Waals surface area contributed by atoms with Crippen LogP contribution >= 0.6 is 11.8 Å². The van der Waals surface area contributed by atoms with Crippen molar-refractivity contribution in [1.29, 1.82) is 0 Å². The highest BCUT2D eigenvalue weighted by Gasteiger charge is 2.22. The minimum Gasteiger partial charge on any atom is -0.389 e. The maximum absolute atomic E-state index is 11.9. The van der Waals surface area contributed by atoms with E-state index in [1.807, 2.05) is 30.3 Å². The van der Waals surface area contributed by atoms with E-state index in [1.165, 1.54) is 11.8 Å². The Bertz CT molecular complexity index is 582. The van der Waals surface area contributed by atoms with Gasteiger partial charge in [-0.1, -0.05) is 31.0 Å². The average molecular weight is 348 g/mol. The summed E-state index contributed by atoms with van der Waals surface area (Å²) in [7, 11) is 0. The lowest BCUT2D eigenvalue weighted by Crippen LogP contribution is -2.20. The molecule has 2 rings (SSSR count). The Morgan fingerprint density at radius 1 is 1.21 bits per heavy atom. The van der Waals surface area contributed by atoms with Gasteiger partial charge in [-0.05, 0) is 43.0 Å². The van der Waals surface area contributed by atoms with Gasteiger partial charge in [0.2, 0.25) is 0 Å². The first-order valence-corrected chi connectivity index (χ1v) is 9.25. The van der Waals surface area contributed by atoms with Crippen LogP contribution in [0.2, 0.25) is 0 Å². The van der Waals surface area contributed by atoms with Crippen molar-refractivity contribution in [3.05, 3.63) is 42.0 Å². The van der Waals surface area contributed by atoms with E-state index in [4.69, 9.17) is 5.11 Å². The zero-order chi connectivity index (χ0) is 17.4.